The number of rotatable bonds is 5. The van der Waals surface area contributed by atoms with E-state index in [0.717, 1.165) is 29.6 Å². The van der Waals surface area contributed by atoms with Crippen LogP contribution in [0.4, 0.5) is 0 Å². The van der Waals surface area contributed by atoms with Crippen LogP contribution in [-0.2, 0) is 6.54 Å². The topological polar surface area (TPSA) is 63.5 Å². The largest absolute Gasteiger partial charge is 0.497 e. The van der Waals surface area contributed by atoms with Gasteiger partial charge in [0.15, 0.2) is 5.96 Å². The van der Waals surface area contributed by atoms with Crippen molar-refractivity contribution < 1.29 is 4.74 Å². The molecule has 130 valence electrons. The van der Waals surface area contributed by atoms with E-state index in [1.54, 1.807) is 7.11 Å². The molecule has 1 heterocycles. The monoisotopic (exact) mass is 329 g/mol. The van der Waals surface area contributed by atoms with Gasteiger partial charge in [0.1, 0.15) is 5.75 Å². The number of hydrogen-bond acceptors (Lipinski definition) is 3. The highest BCUT2D eigenvalue weighted by Gasteiger charge is 2.11. The number of hydrogen-bond donors (Lipinski definition) is 2. The fourth-order valence-electron chi connectivity index (χ4n) is 2.15. The highest BCUT2D eigenvalue weighted by Crippen LogP contribution is 2.14. The first-order valence-corrected chi connectivity index (χ1v) is 8.17. The summed E-state index contributed by atoms with van der Waals surface area (Å²) in [5.74, 6) is 1.63. The quantitative estimate of drug-likeness (QED) is 0.654. The fraction of sp³-hybridized carbons (Fsp3) is 0.444. The van der Waals surface area contributed by atoms with Gasteiger partial charge in [-0.3, -0.25) is 0 Å². The molecule has 6 heteroatoms. The maximum atomic E-state index is 5.18. The molecule has 0 bridgehead atoms. The molecule has 0 aliphatic heterocycles. The molecule has 1 aromatic carbocycles. The Bertz CT molecular complexity index is 667. The van der Waals surface area contributed by atoms with Crippen molar-refractivity contribution in [2.75, 3.05) is 13.7 Å². The van der Waals surface area contributed by atoms with Crippen LogP contribution in [-0.4, -0.2) is 34.9 Å². The van der Waals surface area contributed by atoms with Crippen LogP contribution in [0.5, 0.6) is 5.75 Å². The molecule has 0 saturated heterocycles. The van der Waals surface area contributed by atoms with Crippen molar-refractivity contribution >= 4 is 5.96 Å². The normalized spacial score (nSPS) is 12.1. The molecule has 1 aromatic heterocycles. The summed E-state index contributed by atoms with van der Waals surface area (Å²) < 4.78 is 7.02. The van der Waals surface area contributed by atoms with E-state index in [2.05, 4.69) is 48.4 Å². The maximum absolute atomic E-state index is 5.18. The minimum atomic E-state index is -0.0382. The third kappa shape index (κ3) is 5.30. The minimum absolute atomic E-state index is 0.0382. The summed E-state index contributed by atoms with van der Waals surface area (Å²) in [6, 6.07) is 9.78. The molecule has 24 heavy (non-hydrogen) atoms. The van der Waals surface area contributed by atoms with Crippen molar-refractivity contribution in [2.45, 2.75) is 39.8 Å². The molecule has 0 spiro atoms. The molecule has 0 aliphatic carbocycles. The number of methoxy groups -OCH3 is 1. The molecule has 6 nitrogen and oxygen atoms in total. The smallest absolute Gasteiger partial charge is 0.192 e. The molecule has 0 atom stereocenters. The molecule has 0 unspecified atom stereocenters. The number of aromatic nitrogens is 2. The predicted octanol–water partition coefficient (Wildman–Crippen LogP) is 2.73. The van der Waals surface area contributed by atoms with Crippen LogP contribution in [0.25, 0.3) is 5.69 Å². The first-order chi connectivity index (χ1) is 11.4. The number of aliphatic imine (C=N–C) groups is 1. The molecule has 0 amide bonds. The molecule has 0 radical (unpaired) electrons. The Kier molecular flexibility index (Phi) is 5.84. The van der Waals surface area contributed by atoms with E-state index in [-0.39, 0.29) is 5.54 Å². The average Bonchev–Trinajstić information content (AvgIpc) is 3.00. The zero-order valence-electron chi connectivity index (χ0n) is 15.1. The third-order valence-corrected chi connectivity index (χ3v) is 3.22. The molecule has 2 N–H and O–H groups in total. The summed E-state index contributed by atoms with van der Waals surface area (Å²) >= 11 is 0. The van der Waals surface area contributed by atoms with Crippen LogP contribution in [0.1, 0.15) is 33.4 Å². The van der Waals surface area contributed by atoms with Crippen molar-refractivity contribution in [3.63, 3.8) is 0 Å². The second-order valence-corrected chi connectivity index (χ2v) is 6.52. The van der Waals surface area contributed by atoms with Gasteiger partial charge >= 0.3 is 0 Å². The maximum Gasteiger partial charge on any atom is 0.192 e. The van der Waals surface area contributed by atoms with Crippen LogP contribution >= 0.6 is 0 Å². The Balaban J connectivity index is 2.07. The van der Waals surface area contributed by atoms with Crippen LogP contribution in [0.2, 0.25) is 0 Å². The number of nitrogens with zero attached hydrogens (tertiary/aromatic N) is 3. The molecule has 2 rings (SSSR count). The third-order valence-electron chi connectivity index (χ3n) is 3.22. The molecule has 0 saturated carbocycles. The van der Waals surface area contributed by atoms with Crippen molar-refractivity contribution in [2.24, 2.45) is 4.99 Å². The summed E-state index contributed by atoms with van der Waals surface area (Å²) in [6.07, 6.45) is 1.94. The van der Waals surface area contributed by atoms with Gasteiger partial charge < -0.3 is 15.4 Å². The first-order valence-electron chi connectivity index (χ1n) is 8.17. The Morgan fingerprint density at radius 1 is 1.21 bits per heavy atom. The standard InChI is InChI=1S/C18H27N5O/c1-6-19-17(21-18(2,3)4)20-13-14-11-12-23(22-14)15-7-9-16(24-5)10-8-15/h7-12H,6,13H2,1-5H3,(H2,19,20,21). The van der Waals surface area contributed by atoms with Crippen LogP contribution < -0.4 is 15.4 Å². The summed E-state index contributed by atoms with van der Waals surface area (Å²) in [6.45, 7) is 9.73. The summed E-state index contributed by atoms with van der Waals surface area (Å²) in [5.41, 5.74) is 1.87. The number of benzene rings is 1. The second-order valence-electron chi connectivity index (χ2n) is 6.52. The number of nitrogens with one attached hydrogen (secondary N) is 2. The van der Waals surface area contributed by atoms with E-state index < -0.39 is 0 Å². The Morgan fingerprint density at radius 3 is 2.50 bits per heavy atom. The highest BCUT2D eigenvalue weighted by molar-refractivity contribution is 5.80. The lowest BCUT2D eigenvalue weighted by molar-refractivity contribution is 0.414. The highest BCUT2D eigenvalue weighted by atomic mass is 16.5. The van der Waals surface area contributed by atoms with Gasteiger partial charge in [-0.1, -0.05) is 0 Å². The van der Waals surface area contributed by atoms with E-state index in [4.69, 9.17) is 4.74 Å². The fourth-order valence-corrected chi connectivity index (χ4v) is 2.15. The molecule has 0 aliphatic rings. The summed E-state index contributed by atoms with van der Waals surface area (Å²) in [7, 11) is 1.66. The van der Waals surface area contributed by atoms with E-state index in [1.807, 2.05) is 41.2 Å². The Labute approximate surface area is 143 Å². The lowest BCUT2D eigenvalue weighted by Gasteiger charge is -2.23. The van der Waals surface area contributed by atoms with E-state index >= 15 is 0 Å². The lowest BCUT2D eigenvalue weighted by atomic mass is 10.1. The zero-order chi connectivity index (χ0) is 17.6. The van der Waals surface area contributed by atoms with Crippen molar-refractivity contribution in [1.29, 1.82) is 0 Å². The van der Waals surface area contributed by atoms with Crippen molar-refractivity contribution in [3.05, 3.63) is 42.2 Å². The van der Waals surface area contributed by atoms with Crippen LogP contribution in [0.3, 0.4) is 0 Å². The predicted molar refractivity (Wildman–Crippen MR) is 97.8 cm³/mol. The first kappa shape index (κ1) is 17.8. The van der Waals surface area contributed by atoms with Crippen LogP contribution in [0, 0.1) is 0 Å². The van der Waals surface area contributed by atoms with Gasteiger partial charge in [0.2, 0.25) is 0 Å². The van der Waals surface area contributed by atoms with E-state index in [9.17, 15) is 0 Å². The van der Waals surface area contributed by atoms with Gasteiger partial charge in [0.05, 0.1) is 25.0 Å². The van der Waals surface area contributed by atoms with E-state index in [0.29, 0.717) is 6.54 Å². The number of guanidine groups is 1. The molecular weight excluding hydrogens is 302 g/mol. The van der Waals surface area contributed by atoms with E-state index in [1.165, 1.54) is 0 Å². The van der Waals surface area contributed by atoms with Crippen molar-refractivity contribution in [3.8, 4) is 11.4 Å². The summed E-state index contributed by atoms with van der Waals surface area (Å²) in [4.78, 5) is 4.60. The Morgan fingerprint density at radius 2 is 1.92 bits per heavy atom. The van der Waals surface area contributed by atoms with Gasteiger partial charge in [-0.2, -0.15) is 5.10 Å². The van der Waals surface area contributed by atoms with Gasteiger partial charge in [-0.05, 0) is 58.0 Å². The van der Waals surface area contributed by atoms with Gasteiger partial charge in [0.25, 0.3) is 0 Å². The van der Waals surface area contributed by atoms with Gasteiger partial charge in [-0.15, -0.1) is 0 Å². The average molecular weight is 329 g/mol. The number of ether oxygens (including phenoxy) is 1. The zero-order valence-corrected chi connectivity index (χ0v) is 15.1. The van der Waals surface area contributed by atoms with Gasteiger partial charge in [0, 0.05) is 18.3 Å². The van der Waals surface area contributed by atoms with Crippen LogP contribution in [0.15, 0.2) is 41.5 Å². The van der Waals surface area contributed by atoms with Gasteiger partial charge in [-0.25, -0.2) is 9.67 Å². The summed E-state index contributed by atoms with van der Waals surface area (Å²) in [5, 5.41) is 11.2. The molecule has 2 aromatic rings. The molecule has 0 fully saturated rings. The Hall–Kier alpha value is -2.50. The second kappa shape index (κ2) is 7.86. The SMILES string of the molecule is CCNC(=NCc1ccn(-c2ccc(OC)cc2)n1)NC(C)(C)C. The van der Waals surface area contributed by atoms with Crippen molar-refractivity contribution in [1.82, 2.24) is 20.4 Å². The minimum Gasteiger partial charge on any atom is -0.497 e. The molecular formula is C18H27N5O. The lowest BCUT2D eigenvalue weighted by Crippen LogP contribution is -2.47.